The largest absolute Gasteiger partial charge is 0.457 e. The van der Waals surface area contributed by atoms with Gasteiger partial charge in [0.25, 0.3) is 0 Å². The Morgan fingerprint density at radius 1 is 0.426 bits per heavy atom. The average Bonchev–Trinajstić information content (AvgIpc) is 3.16. The number of hydrogen-bond acceptors (Lipinski definition) is 4. The van der Waals surface area contributed by atoms with Crippen molar-refractivity contribution in [2.75, 3.05) is 11.5 Å². The van der Waals surface area contributed by atoms with Gasteiger partial charge in [0.05, 0.1) is 11.1 Å². The van der Waals surface area contributed by atoms with Crippen LogP contribution in [0.15, 0.2) is 133 Å². The van der Waals surface area contributed by atoms with Crippen molar-refractivity contribution in [3.8, 4) is 45.3 Å². The molecule has 0 atom stereocenters. The lowest BCUT2D eigenvalue weighted by Gasteiger charge is -2.38. The first-order valence-corrected chi connectivity index (χ1v) is 17.5. The first-order valence-electron chi connectivity index (χ1n) is 17.5. The normalized spacial score (nSPS) is 14.4. The van der Waals surface area contributed by atoms with Crippen LogP contribution in [0.2, 0.25) is 0 Å². The fourth-order valence-corrected chi connectivity index (χ4v) is 7.23. The van der Waals surface area contributed by atoms with Crippen molar-refractivity contribution in [3.63, 3.8) is 0 Å². The highest BCUT2D eigenvalue weighted by atomic mass is 19.4. The molecule has 0 saturated heterocycles. The Labute approximate surface area is 309 Å². The summed E-state index contributed by atoms with van der Waals surface area (Å²) in [5, 5.41) is 0. The van der Waals surface area contributed by atoms with Crippen LogP contribution in [0.25, 0.3) is 22.3 Å². The van der Waals surface area contributed by atoms with Gasteiger partial charge in [0.15, 0.2) is 0 Å². The smallest absolute Gasteiger partial charge is 0.420 e. The molecule has 4 N–H and O–H groups in total. The van der Waals surface area contributed by atoms with E-state index in [1.54, 1.807) is 84.9 Å². The molecule has 0 unspecified atom stereocenters. The molecule has 4 nitrogen and oxygen atoms in total. The maximum atomic E-state index is 14.2. The van der Waals surface area contributed by atoms with Crippen molar-refractivity contribution >= 4 is 11.4 Å². The van der Waals surface area contributed by atoms with Crippen molar-refractivity contribution in [2.24, 2.45) is 0 Å². The molecule has 1 saturated carbocycles. The van der Waals surface area contributed by atoms with Crippen LogP contribution in [-0.4, -0.2) is 0 Å². The molecule has 0 heterocycles. The van der Waals surface area contributed by atoms with Crippen LogP contribution in [0.4, 0.5) is 37.7 Å². The minimum Gasteiger partial charge on any atom is -0.457 e. The molecule has 6 aromatic rings. The molecular formula is C44H36F6N2O2. The van der Waals surface area contributed by atoms with E-state index in [0.29, 0.717) is 33.6 Å². The number of alkyl halides is 6. The zero-order valence-electron chi connectivity index (χ0n) is 29.0. The number of nitrogen functional groups attached to an aromatic ring is 2. The van der Waals surface area contributed by atoms with Crippen LogP contribution < -0.4 is 20.9 Å². The summed E-state index contributed by atoms with van der Waals surface area (Å²) in [5.74, 6) is -0.124. The van der Waals surface area contributed by atoms with Crippen LogP contribution >= 0.6 is 0 Å². The Morgan fingerprint density at radius 2 is 0.778 bits per heavy atom. The van der Waals surface area contributed by atoms with Crippen LogP contribution in [0.5, 0.6) is 23.0 Å². The second kappa shape index (κ2) is 14.5. The van der Waals surface area contributed by atoms with Gasteiger partial charge in [-0.25, -0.2) is 0 Å². The standard InChI is InChI=1S/C44H36F6N2O2/c45-43(46,47)38-26-30(28-4-14-34(51)15-5-28)8-22-40(38)53-36-18-10-32(11-19-36)42(24-2-1-3-25-42)33-12-20-37(21-13-33)54-41-23-9-31(27-39(41)44(48,49)50)29-6-16-35(52)17-7-29/h4-23,26-27H,1-3,24-25,51-52H2. The van der Waals surface area contributed by atoms with E-state index < -0.39 is 28.9 Å². The highest BCUT2D eigenvalue weighted by molar-refractivity contribution is 5.69. The molecule has 276 valence electrons. The third kappa shape index (κ3) is 7.74. The quantitative estimate of drug-likeness (QED) is 0.120. The monoisotopic (exact) mass is 738 g/mol. The van der Waals surface area contributed by atoms with Crippen molar-refractivity contribution in [1.82, 2.24) is 0 Å². The Bertz CT molecular complexity index is 2070. The maximum absolute atomic E-state index is 14.2. The molecule has 1 aliphatic rings. The fraction of sp³-hybridized carbons (Fsp3) is 0.182. The Balaban J connectivity index is 1.13. The lowest BCUT2D eigenvalue weighted by molar-refractivity contribution is -0.139. The molecule has 0 bridgehead atoms. The number of ether oxygens (including phenoxy) is 2. The molecule has 6 aromatic carbocycles. The Morgan fingerprint density at radius 3 is 1.13 bits per heavy atom. The molecule has 0 aliphatic heterocycles. The molecule has 7 rings (SSSR count). The summed E-state index contributed by atoms with van der Waals surface area (Å²) in [7, 11) is 0. The average molecular weight is 739 g/mol. The number of halogens is 6. The maximum Gasteiger partial charge on any atom is 0.420 e. The number of hydrogen-bond donors (Lipinski definition) is 2. The highest BCUT2D eigenvalue weighted by Crippen LogP contribution is 2.47. The predicted octanol–water partition coefficient (Wildman–Crippen LogP) is 13.1. The van der Waals surface area contributed by atoms with Gasteiger partial charge in [-0.1, -0.05) is 79.9 Å². The second-order valence-electron chi connectivity index (χ2n) is 13.6. The molecule has 10 heteroatoms. The van der Waals surface area contributed by atoms with Gasteiger partial charge >= 0.3 is 12.4 Å². The summed E-state index contributed by atoms with van der Waals surface area (Å²) in [6.45, 7) is 0. The van der Waals surface area contributed by atoms with E-state index in [2.05, 4.69) is 0 Å². The molecule has 0 aromatic heterocycles. The molecule has 1 aliphatic carbocycles. The van der Waals surface area contributed by atoms with Gasteiger partial charge in [0.2, 0.25) is 0 Å². The van der Waals surface area contributed by atoms with Gasteiger partial charge < -0.3 is 20.9 Å². The van der Waals surface area contributed by atoms with Crippen molar-refractivity contribution < 1.29 is 35.8 Å². The van der Waals surface area contributed by atoms with E-state index in [0.717, 1.165) is 55.4 Å². The van der Waals surface area contributed by atoms with E-state index in [9.17, 15) is 26.3 Å². The zero-order chi connectivity index (χ0) is 38.1. The Kier molecular flexibility index (Phi) is 9.79. The van der Waals surface area contributed by atoms with Crippen molar-refractivity contribution in [3.05, 3.63) is 156 Å². The summed E-state index contributed by atoms with van der Waals surface area (Å²) in [4.78, 5) is 0. The topological polar surface area (TPSA) is 70.5 Å². The first kappa shape index (κ1) is 36.5. The molecule has 0 radical (unpaired) electrons. The predicted molar refractivity (Wildman–Crippen MR) is 199 cm³/mol. The second-order valence-corrected chi connectivity index (χ2v) is 13.6. The highest BCUT2D eigenvalue weighted by Gasteiger charge is 2.38. The van der Waals surface area contributed by atoms with Crippen molar-refractivity contribution in [1.29, 1.82) is 0 Å². The van der Waals surface area contributed by atoms with Crippen LogP contribution in [0, 0.1) is 0 Å². The van der Waals surface area contributed by atoms with E-state index in [1.165, 1.54) is 12.1 Å². The molecular weight excluding hydrogens is 702 g/mol. The molecule has 54 heavy (non-hydrogen) atoms. The SMILES string of the molecule is Nc1ccc(-c2ccc(Oc3ccc(C4(c5ccc(Oc6ccc(-c7ccc(N)cc7)cc6C(F)(F)F)cc5)CCCCC4)cc3)c(C(F)(F)F)c2)cc1. The minimum atomic E-state index is -4.66. The summed E-state index contributed by atoms with van der Waals surface area (Å²) < 4.78 is 96.9. The third-order valence-electron chi connectivity index (χ3n) is 10.0. The lowest BCUT2D eigenvalue weighted by Crippen LogP contribution is -2.30. The van der Waals surface area contributed by atoms with Crippen LogP contribution in [0.3, 0.4) is 0 Å². The van der Waals surface area contributed by atoms with Gasteiger partial charge in [-0.2, -0.15) is 26.3 Å². The lowest BCUT2D eigenvalue weighted by atomic mass is 9.65. The van der Waals surface area contributed by atoms with Gasteiger partial charge in [0.1, 0.15) is 23.0 Å². The Hall–Kier alpha value is -5.90. The van der Waals surface area contributed by atoms with Crippen LogP contribution in [0.1, 0.15) is 54.4 Å². The summed E-state index contributed by atoms with van der Waals surface area (Å²) in [6.07, 6.45) is -4.69. The third-order valence-corrected chi connectivity index (χ3v) is 10.0. The van der Waals surface area contributed by atoms with Gasteiger partial charge in [-0.3, -0.25) is 0 Å². The summed E-state index contributed by atoms with van der Waals surface area (Å²) in [6, 6.07) is 35.3. The zero-order valence-corrected chi connectivity index (χ0v) is 29.0. The number of anilines is 2. The molecule has 0 amide bonds. The van der Waals surface area contributed by atoms with Gasteiger partial charge in [0, 0.05) is 16.8 Å². The van der Waals surface area contributed by atoms with E-state index in [4.69, 9.17) is 20.9 Å². The van der Waals surface area contributed by atoms with E-state index in [1.807, 2.05) is 24.3 Å². The minimum absolute atomic E-state index is 0.252. The van der Waals surface area contributed by atoms with Gasteiger partial charge in [-0.15, -0.1) is 0 Å². The van der Waals surface area contributed by atoms with E-state index >= 15 is 0 Å². The summed E-state index contributed by atoms with van der Waals surface area (Å²) in [5.41, 5.74) is 14.2. The van der Waals surface area contributed by atoms with Gasteiger partial charge in [-0.05, 0) is 119 Å². The number of rotatable bonds is 8. The van der Waals surface area contributed by atoms with Crippen LogP contribution in [-0.2, 0) is 17.8 Å². The molecule has 1 fully saturated rings. The summed E-state index contributed by atoms with van der Waals surface area (Å²) >= 11 is 0. The van der Waals surface area contributed by atoms with Crippen molar-refractivity contribution in [2.45, 2.75) is 49.9 Å². The number of benzene rings is 6. The van der Waals surface area contributed by atoms with E-state index in [-0.39, 0.29) is 23.0 Å². The fourth-order valence-electron chi connectivity index (χ4n) is 7.23. The first-order chi connectivity index (χ1) is 25.8. The number of nitrogens with two attached hydrogens (primary N) is 2. The molecule has 0 spiro atoms.